The third-order valence-corrected chi connectivity index (χ3v) is 4.19. The van der Waals surface area contributed by atoms with Crippen molar-refractivity contribution in [2.75, 3.05) is 13.6 Å². The highest BCUT2D eigenvalue weighted by Gasteiger charge is 2.41. The molecule has 1 saturated carbocycles. The second kappa shape index (κ2) is 4.95. The van der Waals surface area contributed by atoms with Crippen molar-refractivity contribution in [2.45, 2.75) is 26.2 Å². The average Bonchev–Trinajstić information content (AvgIpc) is 3.09. The predicted octanol–water partition coefficient (Wildman–Crippen LogP) is 3.66. The van der Waals surface area contributed by atoms with Crippen LogP contribution in [0.25, 0.3) is 0 Å². The van der Waals surface area contributed by atoms with Gasteiger partial charge in [0, 0.05) is 6.54 Å². The molecule has 1 unspecified atom stereocenters. The highest BCUT2D eigenvalue weighted by molar-refractivity contribution is 6.31. The number of halogens is 2. The van der Waals surface area contributed by atoms with E-state index in [2.05, 4.69) is 12.2 Å². The van der Waals surface area contributed by atoms with Gasteiger partial charge in [0.2, 0.25) is 0 Å². The van der Waals surface area contributed by atoms with Crippen molar-refractivity contribution in [1.82, 2.24) is 5.32 Å². The molecular formula is C14H19ClFN. The van der Waals surface area contributed by atoms with Crippen LogP contribution in [-0.4, -0.2) is 13.6 Å². The van der Waals surface area contributed by atoms with Gasteiger partial charge in [0.15, 0.2) is 0 Å². The zero-order valence-electron chi connectivity index (χ0n) is 10.4. The van der Waals surface area contributed by atoms with Crippen LogP contribution in [0.4, 0.5) is 4.39 Å². The first-order valence-electron chi connectivity index (χ1n) is 6.14. The largest absolute Gasteiger partial charge is 0.319 e. The van der Waals surface area contributed by atoms with Gasteiger partial charge in [-0.15, -0.1) is 0 Å². The maximum absolute atomic E-state index is 13.4. The van der Waals surface area contributed by atoms with E-state index < -0.39 is 0 Å². The minimum Gasteiger partial charge on any atom is -0.319 e. The fraction of sp³-hybridized carbons (Fsp3) is 0.571. The van der Waals surface area contributed by atoms with Crippen molar-refractivity contribution in [3.05, 3.63) is 34.6 Å². The van der Waals surface area contributed by atoms with Crippen molar-refractivity contribution in [3.63, 3.8) is 0 Å². The lowest BCUT2D eigenvalue weighted by molar-refractivity contribution is 0.262. The third-order valence-electron chi connectivity index (χ3n) is 3.77. The number of nitrogens with one attached hydrogen (secondary N) is 1. The second-order valence-electron chi connectivity index (χ2n) is 5.35. The van der Waals surface area contributed by atoms with Gasteiger partial charge in [-0.05, 0) is 49.3 Å². The van der Waals surface area contributed by atoms with Gasteiger partial charge in [0.25, 0.3) is 0 Å². The summed E-state index contributed by atoms with van der Waals surface area (Å²) in [5, 5.41) is 3.53. The highest BCUT2D eigenvalue weighted by Crippen LogP contribution is 2.47. The molecule has 1 N–H and O–H groups in total. The highest BCUT2D eigenvalue weighted by atomic mass is 35.5. The Hall–Kier alpha value is -0.600. The van der Waals surface area contributed by atoms with Gasteiger partial charge in [-0.3, -0.25) is 0 Å². The molecular weight excluding hydrogens is 237 g/mol. The summed E-state index contributed by atoms with van der Waals surface area (Å²) in [4.78, 5) is 0. The SMILES string of the molecule is CNCC(C)(Cc1cccc(F)c1Cl)C1CC1. The molecule has 0 amide bonds. The van der Waals surface area contributed by atoms with Crippen molar-refractivity contribution in [2.24, 2.45) is 11.3 Å². The molecule has 1 atom stereocenters. The molecule has 1 aromatic rings. The average molecular weight is 256 g/mol. The number of benzene rings is 1. The summed E-state index contributed by atoms with van der Waals surface area (Å²) in [5.74, 6) is 0.432. The number of rotatable bonds is 5. The standard InChI is InChI=1S/C14H19ClFN/c1-14(9-17-2,11-6-7-11)8-10-4-3-5-12(16)13(10)15/h3-5,11,17H,6-9H2,1-2H3. The molecule has 1 aliphatic rings. The molecule has 0 bridgehead atoms. The second-order valence-corrected chi connectivity index (χ2v) is 5.73. The van der Waals surface area contributed by atoms with E-state index in [4.69, 9.17) is 11.6 Å². The third kappa shape index (κ3) is 2.80. The van der Waals surface area contributed by atoms with Gasteiger partial charge in [-0.25, -0.2) is 4.39 Å². The Balaban J connectivity index is 2.20. The lowest BCUT2D eigenvalue weighted by Gasteiger charge is -2.30. The molecule has 0 spiro atoms. The molecule has 1 nitrogen and oxygen atoms in total. The van der Waals surface area contributed by atoms with E-state index in [0.717, 1.165) is 24.4 Å². The summed E-state index contributed by atoms with van der Waals surface area (Å²) in [7, 11) is 1.97. The van der Waals surface area contributed by atoms with E-state index in [0.29, 0.717) is 0 Å². The number of hydrogen-bond donors (Lipinski definition) is 1. The molecule has 0 aromatic heterocycles. The van der Waals surface area contributed by atoms with Crippen LogP contribution in [0.3, 0.4) is 0 Å². The topological polar surface area (TPSA) is 12.0 Å². The summed E-state index contributed by atoms with van der Waals surface area (Å²) in [5.41, 5.74) is 1.11. The van der Waals surface area contributed by atoms with Crippen molar-refractivity contribution in [3.8, 4) is 0 Å². The summed E-state index contributed by atoms with van der Waals surface area (Å²) in [6.07, 6.45) is 3.41. The monoisotopic (exact) mass is 255 g/mol. The van der Waals surface area contributed by atoms with Crippen LogP contribution >= 0.6 is 11.6 Å². The van der Waals surface area contributed by atoms with Crippen LogP contribution < -0.4 is 5.32 Å². The van der Waals surface area contributed by atoms with E-state index in [1.807, 2.05) is 13.1 Å². The van der Waals surface area contributed by atoms with Crippen LogP contribution in [0.2, 0.25) is 5.02 Å². The Morgan fingerprint density at radius 2 is 2.18 bits per heavy atom. The van der Waals surface area contributed by atoms with Crippen LogP contribution in [0, 0.1) is 17.2 Å². The van der Waals surface area contributed by atoms with Gasteiger partial charge < -0.3 is 5.32 Å². The first-order valence-corrected chi connectivity index (χ1v) is 6.52. The normalized spacial score (nSPS) is 19.1. The Morgan fingerprint density at radius 3 is 2.76 bits per heavy atom. The molecule has 3 heteroatoms. The van der Waals surface area contributed by atoms with Crippen LogP contribution in [0.15, 0.2) is 18.2 Å². The summed E-state index contributed by atoms with van der Waals surface area (Å²) >= 11 is 6.03. The quantitative estimate of drug-likeness (QED) is 0.847. The Kier molecular flexibility index (Phi) is 3.74. The Labute approximate surface area is 107 Å². The van der Waals surface area contributed by atoms with Crippen LogP contribution in [0.1, 0.15) is 25.3 Å². The Bertz CT molecular complexity index is 403. The lowest BCUT2D eigenvalue weighted by atomic mass is 9.79. The molecule has 0 aliphatic heterocycles. The van der Waals surface area contributed by atoms with Gasteiger partial charge in [-0.1, -0.05) is 30.7 Å². The predicted molar refractivity (Wildman–Crippen MR) is 69.9 cm³/mol. The lowest BCUT2D eigenvalue weighted by Crippen LogP contribution is -2.34. The van der Waals surface area contributed by atoms with Crippen molar-refractivity contribution < 1.29 is 4.39 Å². The van der Waals surface area contributed by atoms with Gasteiger partial charge in [0.05, 0.1) is 5.02 Å². The fourth-order valence-corrected chi connectivity index (χ4v) is 2.85. The zero-order chi connectivity index (χ0) is 12.5. The van der Waals surface area contributed by atoms with Gasteiger partial charge in [0.1, 0.15) is 5.82 Å². The maximum atomic E-state index is 13.4. The smallest absolute Gasteiger partial charge is 0.142 e. The molecule has 1 aromatic carbocycles. The van der Waals surface area contributed by atoms with E-state index in [1.54, 1.807) is 6.07 Å². The van der Waals surface area contributed by atoms with Crippen LogP contribution in [-0.2, 0) is 6.42 Å². The molecule has 0 radical (unpaired) electrons. The number of hydrogen-bond acceptors (Lipinski definition) is 1. The first kappa shape index (κ1) is 12.8. The zero-order valence-corrected chi connectivity index (χ0v) is 11.1. The maximum Gasteiger partial charge on any atom is 0.142 e. The Morgan fingerprint density at radius 1 is 1.47 bits per heavy atom. The molecule has 94 valence electrons. The fourth-order valence-electron chi connectivity index (χ4n) is 2.66. The minimum absolute atomic E-state index is 0.187. The summed E-state index contributed by atoms with van der Waals surface area (Å²) in [6, 6.07) is 5.09. The van der Waals surface area contributed by atoms with E-state index in [9.17, 15) is 4.39 Å². The molecule has 0 heterocycles. The van der Waals surface area contributed by atoms with Crippen molar-refractivity contribution >= 4 is 11.6 Å². The molecule has 1 fully saturated rings. The van der Waals surface area contributed by atoms with Crippen molar-refractivity contribution in [1.29, 1.82) is 0 Å². The molecule has 17 heavy (non-hydrogen) atoms. The minimum atomic E-state index is -0.313. The molecule has 1 aliphatic carbocycles. The first-order chi connectivity index (χ1) is 8.07. The van der Waals surface area contributed by atoms with E-state index in [-0.39, 0.29) is 16.3 Å². The van der Waals surface area contributed by atoms with Gasteiger partial charge in [-0.2, -0.15) is 0 Å². The summed E-state index contributed by atoms with van der Waals surface area (Å²) < 4.78 is 13.4. The van der Waals surface area contributed by atoms with E-state index in [1.165, 1.54) is 18.9 Å². The van der Waals surface area contributed by atoms with E-state index >= 15 is 0 Å². The van der Waals surface area contributed by atoms with Crippen LogP contribution in [0.5, 0.6) is 0 Å². The van der Waals surface area contributed by atoms with Gasteiger partial charge >= 0.3 is 0 Å². The summed E-state index contributed by atoms with van der Waals surface area (Å²) in [6.45, 7) is 3.22. The molecule has 0 saturated heterocycles. The molecule has 2 rings (SSSR count).